The van der Waals surface area contributed by atoms with Crippen LogP contribution in [0.15, 0.2) is 71.5 Å². The van der Waals surface area contributed by atoms with Crippen LogP contribution in [0.4, 0.5) is 10.1 Å². The molecule has 0 unspecified atom stereocenters. The lowest BCUT2D eigenvalue weighted by Crippen LogP contribution is -2.22. The summed E-state index contributed by atoms with van der Waals surface area (Å²) in [5.74, 6) is -0.660. The van der Waals surface area contributed by atoms with Gasteiger partial charge in [-0.15, -0.1) is 11.3 Å². The maximum atomic E-state index is 13.1. The van der Waals surface area contributed by atoms with Crippen molar-refractivity contribution in [3.63, 3.8) is 0 Å². The number of nitrogens with one attached hydrogen (secondary N) is 1. The first kappa shape index (κ1) is 18.9. The first-order valence-corrected chi connectivity index (χ1v) is 9.78. The molecule has 0 saturated heterocycles. The molecule has 29 heavy (non-hydrogen) atoms. The number of anilines is 1. The molecular formula is C22H18FN3O2S. The normalized spacial score (nSPS) is 10.9. The Hall–Kier alpha value is -3.45. The van der Waals surface area contributed by atoms with Gasteiger partial charge in [-0.05, 0) is 48.9 Å². The van der Waals surface area contributed by atoms with Crippen molar-refractivity contribution in [3.05, 3.63) is 93.5 Å². The average molecular weight is 407 g/mol. The van der Waals surface area contributed by atoms with E-state index in [4.69, 9.17) is 0 Å². The fourth-order valence-electron chi connectivity index (χ4n) is 3.12. The Kier molecular flexibility index (Phi) is 4.90. The van der Waals surface area contributed by atoms with E-state index in [0.29, 0.717) is 10.6 Å². The van der Waals surface area contributed by atoms with E-state index in [1.54, 1.807) is 36.9 Å². The van der Waals surface area contributed by atoms with Gasteiger partial charge >= 0.3 is 0 Å². The van der Waals surface area contributed by atoms with E-state index in [9.17, 15) is 14.0 Å². The van der Waals surface area contributed by atoms with Crippen LogP contribution in [0.3, 0.4) is 0 Å². The van der Waals surface area contributed by atoms with Gasteiger partial charge in [0.2, 0.25) is 0 Å². The highest BCUT2D eigenvalue weighted by Gasteiger charge is 2.19. The van der Waals surface area contributed by atoms with Crippen LogP contribution in [0.1, 0.15) is 15.4 Å². The summed E-state index contributed by atoms with van der Waals surface area (Å²) < 4.78 is 16.3. The van der Waals surface area contributed by atoms with E-state index < -0.39 is 0 Å². The van der Waals surface area contributed by atoms with Crippen LogP contribution < -0.4 is 10.9 Å². The lowest BCUT2D eigenvalue weighted by Gasteiger charge is -2.07. The van der Waals surface area contributed by atoms with Crippen LogP contribution in [0.2, 0.25) is 0 Å². The third-order valence-electron chi connectivity index (χ3n) is 4.75. The maximum absolute atomic E-state index is 13.1. The van der Waals surface area contributed by atoms with Crippen molar-refractivity contribution in [2.24, 2.45) is 7.05 Å². The molecule has 2 aromatic carbocycles. The Morgan fingerprint density at radius 1 is 1.00 bits per heavy atom. The number of thiophene rings is 1. The summed E-state index contributed by atoms with van der Waals surface area (Å²) in [6.07, 6.45) is 0. The molecule has 7 heteroatoms. The first-order valence-electron chi connectivity index (χ1n) is 8.97. The van der Waals surface area contributed by atoms with Crippen molar-refractivity contribution in [3.8, 4) is 16.1 Å². The van der Waals surface area contributed by atoms with E-state index in [1.807, 2.05) is 36.4 Å². The number of benzene rings is 2. The lowest BCUT2D eigenvalue weighted by atomic mass is 10.2. The molecule has 0 radical (unpaired) electrons. The van der Waals surface area contributed by atoms with Crippen molar-refractivity contribution in [2.45, 2.75) is 6.92 Å². The molecule has 5 nitrogen and oxygen atoms in total. The van der Waals surface area contributed by atoms with Gasteiger partial charge in [0.15, 0.2) is 0 Å². The zero-order valence-corrected chi connectivity index (χ0v) is 16.7. The third-order valence-corrected chi connectivity index (χ3v) is 5.88. The van der Waals surface area contributed by atoms with E-state index in [-0.39, 0.29) is 23.0 Å². The molecule has 1 amide bonds. The molecule has 0 saturated carbocycles. The molecule has 1 N–H and O–H groups in total. The van der Waals surface area contributed by atoms with E-state index in [1.165, 1.54) is 28.2 Å². The number of rotatable bonds is 4. The monoisotopic (exact) mass is 407 g/mol. The lowest BCUT2D eigenvalue weighted by molar-refractivity contribution is 0.103. The van der Waals surface area contributed by atoms with Gasteiger partial charge in [-0.3, -0.25) is 14.3 Å². The van der Waals surface area contributed by atoms with Gasteiger partial charge in [-0.1, -0.05) is 30.3 Å². The Morgan fingerprint density at radius 3 is 2.38 bits per heavy atom. The molecule has 0 fully saturated rings. The van der Waals surface area contributed by atoms with Gasteiger partial charge in [0.1, 0.15) is 11.5 Å². The minimum absolute atomic E-state index is 0.248. The molecule has 4 aromatic rings. The summed E-state index contributed by atoms with van der Waals surface area (Å²) in [7, 11) is 1.77. The number of para-hydroxylation sites is 1. The third kappa shape index (κ3) is 3.52. The molecule has 0 atom stereocenters. The second-order valence-electron chi connectivity index (χ2n) is 6.56. The fraction of sp³-hybridized carbons (Fsp3) is 0.0909. The van der Waals surface area contributed by atoms with Crippen molar-refractivity contribution in [1.29, 1.82) is 0 Å². The van der Waals surface area contributed by atoms with Gasteiger partial charge in [0.25, 0.3) is 11.5 Å². The van der Waals surface area contributed by atoms with E-state index >= 15 is 0 Å². The van der Waals surface area contributed by atoms with Gasteiger partial charge in [0.05, 0.1) is 16.3 Å². The van der Waals surface area contributed by atoms with Crippen molar-refractivity contribution in [1.82, 2.24) is 9.36 Å². The zero-order chi connectivity index (χ0) is 20.5. The number of carbonyl (C=O) groups is 1. The van der Waals surface area contributed by atoms with Crippen LogP contribution >= 0.6 is 11.3 Å². The SMILES string of the molecule is Cc1c(NC(=O)c2ccc(-c3ccc(F)cc3)s2)c(=O)n(-c2ccccc2)n1C. The number of carbonyl (C=O) groups excluding carboxylic acids is 1. The number of amides is 1. The molecule has 0 aliphatic carbocycles. The van der Waals surface area contributed by atoms with Crippen LogP contribution in [-0.2, 0) is 7.05 Å². The molecule has 2 aromatic heterocycles. The van der Waals surface area contributed by atoms with Gasteiger partial charge in [0, 0.05) is 11.9 Å². The summed E-state index contributed by atoms with van der Waals surface area (Å²) in [6, 6.07) is 18.9. The average Bonchev–Trinajstić information content (AvgIpc) is 3.29. The first-order chi connectivity index (χ1) is 14.0. The molecule has 146 valence electrons. The van der Waals surface area contributed by atoms with Gasteiger partial charge in [-0.25, -0.2) is 9.07 Å². The van der Waals surface area contributed by atoms with E-state index in [0.717, 1.165) is 16.1 Å². The van der Waals surface area contributed by atoms with Crippen LogP contribution in [0, 0.1) is 12.7 Å². The number of hydrogen-bond donors (Lipinski definition) is 1. The Bertz CT molecular complexity index is 1240. The largest absolute Gasteiger partial charge is 0.315 e. The smallest absolute Gasteiger partial charge is 0.295 e. The second-order valence-corrected chi connectivity index (χ2v) is 7.65. The van der Waals surface area contributed by atoms with Crippen molar-refractivity contribution >= 4 is 22.9 Å². The Balaban J connectivity index is 1.63. The van der Waals surface area contributed by atoms with Gasteiger partial charge in [-0.2, -0.15) is 0 Å². The summed E-state index contributed by atoms with van der Waals surface area (Å²) in [5.41, 5.74) is 2.16. The standard InChI is InChI=1S/C22H18FN3O2S/c1-14-20(22(28)26(25(14)2)17-6-4-3-5-7-17)24-21(27)19-13-12-18(29-19)15-8-10-16(23)11-9-15/h3-13H,1-2H3,(H,24,27). The van der Waals surface area contributed by atoms with Crippen LogP contribution in [-0.4, -0.2) is 15.3 Å². The number of halogens is 1. The van der Waals surface area contributed by atoms with Crippen molar-refractivity contribution < 1.29 is 9.18 Å². The summed E-state index contributed by atoms with van der Waals surface area (Å²) >= 11 is 1.29. The highest BCUT2D eigenvalue weighted by Crippen LogP contribution is 2.29. The number of hydrogen-bond acceptors (Lipinski definition) is 3. The molecule has 2 heterocycles. The molecular weight excluding hydrogens is 389 g/mol. The summed E-state index contributed by atoms with van der Waals surface area (Å²) in [5, 5.41) is 2.76. The molecule has 0 spiro atoms. The Morgan fingerprint density at radius 2 is 1.69 bits per heavy atom. The van der Waals surface area contributed by atoms with E-state index in [2.05, 4.69) is 5.32 Å². The predicted molar refractivity (Wildman–Crippen MR) is 113 cm³/mol. The van der Waals surface area contributed by atoms with Crippen molar-refractivity contribution in [2.75, 3.05) is 5.32 Å². The minimum Gasteiger partial charge on any atom is -0.315 e. The molecule has 0 aliphatic heterocycles. The second kappa shape index (κ2) is 7.52. The van der Waals surface area contributed by atoms with Crippen LogP contribution in [0.5, 0.6) is 0 Å². The summed E-state index contributed by atoms with van der Waals surface area (Å²) in [4.78, 5) is 27.0. The number of aromatic nitrogens is 2. The predicted octanol–water partition coefficient (Wildman–Crippen LogP) is 4.60. The quantitative estimate of drug-likeness (QED) is 0.537. The van der Waals surface area contributed by atoms with Crippen LogP contribution in [0.25, 0.3) is 16.1 Å². The highest BCUT2D eigenvalue weighted by molar-refractivity contribution is 7.17. The molecule has 0 bridgehead atoms. The maximum Gasteiger partial charge on any atom is 0.295 e. The highest BCUT2D eigenvalue weighted by atomic mass is 32.1. The minimum atomic E-state index is -0.352. The Labute approximate surface area is 170 Å². The van der Waals surface area contributed by atoms with Gasteiger partial charge < -0.3 is 5.32 Å². The summed E-state index contributed by atoms with van der Waals surface area (Å²) in [6.45, 7) is 1.79. The molecule has 4 rings (SSSR count). The topological polar surface area (TPSA) is 56.0 Å². The number of nitrogens with zero attached hydrogens (tertiary/aromatic N) is 2. The molecule has 0 aliphatic rings. The zero-order valence-electron chi connectivity index (χ0n) is 15.8. The fourth-order valence-corrected chi connectivity index (χ4v) is 4.02.